The largest absolute Gasteiger partial charge is 0.497 e. The summed E-state index contributed by atoms with van der Waals surface area (Å²) in [5.41, 5.74) is 2.83. The van der Waals surface area contributed by atoms with E-state index >= 15 is 0 Å². The van der Waals surface area contributed by atoms with Crippen LogP contribution in [0, 0.1) is 6.92 Å². The van der Waals surface area contributed by atoms with Crippen LogP contribution in [0.4, 0.5) is 5.69 Å². The number of anilines is 1. The summed E-state index contributed by atoms with van der Waals surface area (Å²) < 4.78 is 16.8. The van der Waals surface area contributed by atoms with E-state index in [2.05, 4.69) is 43.5 Å². The Labute approximate surface area is 166 Å². The fraction of sp³-hybridized carbons (Fsp3) is 0.381. The van der Waals surface area contributed by atoms with Gasteiger partial charge in [-0.05, 0) is 51.2 Å². The third kappa shape index (κ3) is 4.45. The van der Waals surface area contributed by atoms with Crippen LogP contribution in [0.15, 0.2) is 36.4 Å². The Hall–Kier alpha value is -2.47. The second-order valence-electron chi connectivity index (χ2n) is 7.32. The molecule has 0 amide bonds. The van der Waals surface area contributed by atoms with Gasteiger partial charge in [0, 0.05) is 18.1 Å². The Morgan fingerprint density at radius 2 is 1.93 bits per heavy atom. The van der Waals surface area contributed by atoms with E-state index in [1.165, 1.54) is 5.56 Å². The minimum absolute atomic E-state index is 0.0629. The molecular formula is C21H26N2O3S. The maximum atomic E-state index is 6.13. The first-order chi connectivity index (χ1) is 12.8. The van der Waals surface area contributed by atoms with Gasteiger partial charge in [-0.1, -0.05) is 17.7 Å². The molecule has 144 valence electrons. The number of hydrogen-bond donors (Lipinski definition) is 2. The number of benzene rings is 2. The van der Waals surface area contributed by atoms with Gasteiger partial charge in [0.1, 0.15) is 22.8 Å². The number of hydrogen-bond acceptors (Lipinski definition) is 4. The number of thiocarbonyl (C=S) groups is 1. The van der Waals surface area contributed by atoms with Gasteiger partial charge in [0.15, 0.2) is 5.11 Å². The summed E-state index contributed by atoms with van der Waals surface area (Å²) in [6.45, 7) is 6.26. The lowest BCUT2D eigenvalue weighted by molar-refractivity contribution is 0.0696. The van der Waals surface area contributed by atoms with Crippen molar-refractivity contribution < 1.29 is 14.2 Å². The van der Waals surface area contributed by atoms with Crippen molar-refractivity contribution in [2.24, 2.45) is 0 Å². The summed E-state index contributed by atoms with van der Waals surface area (Å²) in [6.07, 6.45) is 0.811. The van der Waals surface area contributed by atoms with E-state index in [0.717, 1.165) is 29.2 Å². The average molecular weight is 387 g/mol. The van der Waals surface area contributed by atoms with Crippen molar-refractivity contribution in [1.82, 2.24) is 5.32 Å². The minimum atomic E-state index is -0.270. The summed E-state index contributed by atoms with van der Waals surface area (Å²) in [5, 5.41) is 7.21. The zero-order valence-corrected chi connectivity index (χ0v) is 17.2. The van der Waals surface area contributed by atoms with Gasteiger partial charge in [-0.25, -0.2) is 0 Å². The highest BCUT2D eigenvalue weighted by Gasteiger charge is 2.34. The first kappa shape index (κ1) is 19.3. The molecule has 0 unspecified atom stereocenters. The number of fused-ring (bicyclic) bond motifs is 1. The van der Waals surface area contributed by atoms with E-state index in [4.69, 9.17) is 26.4 Å². The fourth-order valence-electron chi connectivity index (χ4n) is 3.32. The first-order valence-electron chi connectivity index (χ1n) is 8.90. The minimum Gasteiger partial charge on any atom is -0.497 e. The smallest absolute Gasteiger partial charge is 0.171 e. The normalized spacial score (nSPS) is 17.3. The van der Waals surface area contributed by atoms with Crippen LogP contribution in [0.5, 0.6) is 17.2 Å². The highest BCUT2D eigenvalue weighted by molar-refractivity contribution is 7.80. The topological polar surface area (TPSA) is 51.8 Å². The third-order valence-electron chi connectivity index (χ3n) is 4.58. The van der Waals surface area contributed by atoms with Gasteiger partial charge in [-0.3, -0.25) is 0 Å². The van der Waals surface area contributed by atoms with Crippen molar-refractivity contribution in [1.29, 1.82) is 0 Å². The molecular weight excluding hydrogens is 360 g/mol. The molecule has 0 fully saturated rings. The number of methoxy groups -OCH3 is 2. The molecule has 1 aliphatic rings. The maximum Gasteiger partial charge on any atom is 0.171 e. The van der Waals surface area contributed by atoms with Crippen LogP contribution < -0.4 is 24.8 Å². The molecule has 2 aromatic rings. The number of aryl methyl sites for hydroxylation is 1. The molecule has 2 aromatic carbocycles. The number of nitrogens with one attached hydrogen (secondary N) is 2. The quantitative estimate of drug-likeness (QED) is 0.749. The van der Waals surface area contributed by atoms with Crippen molar-refractivity contribution >= 4 is 23.0 Å². The van der Waals surface area contributed by atoms with Crippen molar-refractivity contribution in [3.63, 3.8) is 0 Å². The Morgan fingerprint density at radius 3 is 2.63 bits per heavy atom. The molecule has 0 saturated carbocycles. The van der Waals surface area contributed by atoms with Crippen LogP contribution >= 0.6 is 12.2 Å². The third-order valence-corrected chi connectivity index (χ3v) is 4.80. The van der Waals surface area contributed by atoms with E-state index in [1.807, 2.05) is 24.3 Å². The Morgan fingerprint density at radius 1 is 1.15 bits per heavy atom. The Bertz CT molecular complexity index is 851. The first-order valence-corrected chi connectivity index (χ1v) is 9.31. The van der Waals surface area contributed by atoms with Crippen LogP contribution in [0.25, 0.3) is 0 Å². The van der Waals surface area contributed by atoms with E-state index in [9.17, 15) is 0 Å². The second kappa shape index (κ2) is 7.64. The molecule has 1 heterocycles. The van der Waals surface area contributed by atoms with Crippen LogP contribution in [0.3, 0.4) is 0 Å². The summed E-state index contributed by atoms with van der Waals surface area (Å²) in [4.78, 5) is 0. The fourth-order valence-corrected chi connectivity index (χ4v) is 3.57. The number of ether oxygens (including phenoxy) is 3. The number of rotatable bonds is 4. The van der Waals surface area contributed by atoms with E-state index in [-0.39, 0.29) is 11.6 Å². The van der Waals surface area contributed by atoms with Crippen molar-refractivity contribution in [2.45, 2.75) is 38.8 Å². The Balaban J connectivity index is 1.79. The summed E-state index contributed by atoms with van der Waals surface area (Å²) in [7, 11) is 3.25. The summed E-state index contributed by atoms with van der Waals surface area (Å²) in [6, 6.07) is 11.9. The van der Waals surface area contributed by atoms with Crippen molar-refractivity contribution in [2.75, 3.05) is 19.5 Å². The van der Waals surface area contributed by atoms with Gasteiger partial charge in [-0.15, -0.1) is 0 Å². The molecule has 1 aliphatic heterocycles. The highest BCUT2D eigenvalue weighted by Crippen LogP contribution is 2.40. The van der Waals surface area contributed by atoms with E-state index in [1.54, 1.807) is 14.2 Å². The van der Waals surface area contributed by atoms with E-state index in [0.29, 0.717) is 10.9 Å². The predicted molar refractivity (Wildman–Crippen MR) is 112 cm³/mol. The SMILES string of the molecule is COc1ccc(NC(=S)N[C@H]2CC(C)(C)Oc3ccc(C)cc32)c(OC)c1. The van der Waals surface area contributed by atoms with Gasteiger partial charge in [0.25, 0.3) is 0 Å². The van der Waals surface area contributed by atoms with E-state index < -0.39 is 0 Å². The lowest BCUT2D eigenvalue weighted by Crippen LogP contribution is -2.42. The van der Waals surface area contributed by atoms with Crippen LogP contribution in [0.1, 0.15) is 37.4 Å². The molecule has 27 heavy (non-hydrogen) atoms. The van der Waals surface area contributed by atoms with Gasteiger partial charge in [-0.2, -0.15) is 0 Å². The maximum absolute atomic E-state index is 6.13. The second-order valence-corrected chi connectivity index (χ2v) is 7.73. The monoisotopic (exact) mass is 386 g/mol. The average Bonchev–Trinajstić information content (AvgIpc) is 2.62. The summed E-state index contributed by atoms with van der Waals surface area (Å²) >= 11 is 5.57. The highest BCUT2D eigenvalue weighted by atomic mass is 32.1. The van der Waals surface area contributed by atoms with Crippen LogP contribution in [-0.4, -0.2) is 24.9 Å². The Kier molecular flexibility index (Phi) is 5.46. The molecule has 0 aliphatic carbocycles. The molecule has 0 bridgehead atoms. The van der Waals surface area contributed by atoms with Gasteiger partial charge in [0.2, 0.25) is 0 Å². The van der Waals surface area contributed by atoms with Crippen molar-refractivity contribution in [3.05, 3.63) is 47.5 Å². The van der Waals surface area contributed by atoms with Gasteiger partial charge >= 0.3 is 0 Å². The molecule has 0 radical (unpaired) electrons. The molecule has 0 aromatic heterocycles. The van der Waals surface area contributed by atoms with Crippen LogP contribution in [0.2, 0.25) is 0 Å². The molecule has 1 atom stereocenters. The van der Waals surface area contributed by atoms with Gasteiger partial charge < -0.3 is 24.8 Å². The van der Waals surface area contributed by atoms with Crippen LogP contribution in [-0.2, 0) is 0 Å². The zero-order chi connectivity index (χ0) is 19.6. The van der Waals surface area contributed by atoms with Crippen molar-refractivity contribution in [3.8, 4) is 17.2 Å². The predicted octanol–water partition coefficient (Wildman–Crippen LogP) is 4.60. The zero-order valence-electron chi connectivity index (χ0n) is 16.4. The van der Waals surface area contributed by atoms with Gasteiger partial charge in [0.05, 0.1) is 25.9 Å². The molecule has 0 spiro atoms. The molecule has 5 nitrogen and oxygen atoms in total. The molecule has 0 saturated heterocycles. The summed E-state index contributed by atoms with van der Waals surface area (Å²) in [5.74, 6) is 2.30. The standard InChI is InChI=1S/C21H26N2O3S/c1-13-6-9-18-15(10-13)17(12-21(2,3)26-18)23-20(27)22-16-8-7-14(24-4)11-19(16)25-5/h6-11,17H,12H2,1-5H3,(H2,22,23,27)/t17-/m0/s1. The molecule has 2 N–H and O–H groups in total. The lowest BCUT2D eigenvalue weighted by atomic mass is 9.89. The molecule has 6 heteroatoms. The lowest BCUT2D eigenvalue weighted by Gasteiger charge is -2.38. The molecule has 3 rings (SSSR count).